The third-order valence-electron chi connectivity index (χ3n) is 8.12. The molecule has 1 aromatic rings. The van der Waals surface area contributed by atoms with Crippen LogP contribution in [0, 0.1) is 0 Å². The third-order valence-corrected chi connectivity index (χ3v) is 11.8. The number of carbonyl (C=O) groups is 5. The lowest BCUT2D eigenvalue weighted by Crippen LogP contribution is -2.29. The monoisotopic (exact) mass is 849 g/mol. The second-order valence-corrected chi connectivity index (χ2v) is 17.2. The van der Waals surface area contributed by atoms with Gasteiger partial charge in [-0.3, -0.25) is 24.0 Å². The first-order chi connectivity index (χ1) is 27.0. The number of ketones is 1. The molecule has 3 rings (SSSR count). The van der Waals surface area contributed by atoms with Crippen molar-refractivity contribution in [1.29, 1.82) is 0 Å². The Hall–Kier alpha value is -3.60. The summed E-state index contributed by atoms with van der Waals surface area (Å²) in [6, 6.07) is 7.64. The molecular weight excluding hydrogens is 797 g/mol. The van der Waals surface area contributed by atoms with Crippen LogP contribution in [0.4, 0.5) is 5.69 Å². The fraction of sp³-hybridized carbons (Fsp3) is 0.500. The molecule has 0 radical (unpaired) electrons. The number of aliphatic hydroxyl groups excluding tert-OH is 1. The minimum Gasteiger partial charge on any atom is -0.506 e. The van der Waals surface area contributed by atoms with Gasteiger partial charge in [0, 0.05) is 93.1 Å². The van der Waals surface area contributed by atoms with E-state index < -0.39 is 0 Å². The first kappa shape index (κ1) is 46.8. The SMILES string of the molecule is CC(=O)OCCSCCN(CCSCCOC(C)=O)c1ccc(C2=C(O)C(=C3C=CC(=[N+](CCSCCOC(C)=O)CCSCCOC(C)=O)C=C3)C2=O)cc1. The van der Waals surface area contributed by atoms with Crippen molar-refractivity contribution < 1.29 is 52.6 Å². The largest absolute Gasteiger partial charge is 0.506 e. The van der Waals surface area contributed by atoms with E-state index in [1.54, 1.807) is 47.0 Å². The van der Waals surface area contributed by atoms with Gasteiger partial charge in [-0.05, 0) is 35.4 Å². The molecular formula is C40H53N2O10S4+. The molecule has 0 fully saturated rings. The van der Waals surface area contributed by atoms with Crippen molar-refractivity contribution in [2.45, 2.75) is 27.7 Å². The van der Waals surface area contributed by atoms with E-state index in [0.717, 1.165) is 60.6 Å². The van der Waals surface area contributed by atoms with Crippen LogP contribution in [-0.4, -0.2) is 144 Å². The number of hydrogen-bond acceptors (Lipinski definition) is 15. The zero-order valence-corrected chi connectivity index (χ0v) is 35.8. The molecule has 0 saturated carbocycles. The standard InChI is InChI=1S/C40H52N2O10S4/c1-29(43)49-17-25-53-21-13-41(14-22-54-26-18-50-30(2)44)35-9-5-33(6-10-35)37-39(47)38(40(37)48)34-7-11-36(12-8-34)42(15-23-55-27-19-51-31(3)45)16-24-56-28-20-52-32(4)46/h5-12H,13-28H2,1-4H3/p+1. The number of Topliss-reactive ketones (excluding diaryl/α,β-unsaturated/α-hetero) is 1. The number of thioether (sulfide) groups is 4. The van der Waals surface area contributed by atoms with E-state index in [-0.39, 0.29) is 35.4 Å². The molecule has 0 aliphatic heterocycles. The van der Waals surface area contributed by atoms with E-state index in [0.29, 0.717) is 71.7 Å². The molecule has 1 aromatic carbocycles. The summed E-state index contributed by atoms with van der Waals surface area (Å²) < 4.78 is 22.4. The van der Waals surface area contributed by atoms with Gasteiger partial charge in [0.25, 0.3) is 0 Å². The molecule has 0 atom stereocenters. The molecule has 2 aliphatic carbocycles. The molecule has 0 aromatic heterocycles. The van der Waals surface area contributed by atoms with Crippen LogP contribution >= 0.6 is 47.0 Å². The number of allylic oxidation sites excluding steroid dienone is 7. The van der Waals surface area contributed by atoms with Crippen LogP contribution < -0.4 is 4.90 Å². The second kappa shape index (κ2) is 26.3. The quantitative estimate of drug-likeness (QED) is 0.0417. The zero-order valence-electron chi connectivity index (χ0n) is 32.6. The predicted molar refractivity (Wildman–Crippen MR) is 229 cm³/mol. The van der Waals surface area contributed by atoms with Crippen molar-refractivity contribution in [2.75, 3.05) is 104 Å². The number of benzene rings is 1. The lowest BCUT2D eigenvalue weighted by Gasteiger charge is -2.26. The number of aliphatic hydroxyl groups is 1. The fourth-order valence-electron chi connectivity index (χ4n) is 5.44. The maximum atomic E-state index is 13.5. The highest BCUT2D eigenvalue weighted by atomic mass is 32.2. The molecule has 56 heavy (non-hydrogen) atoms. The average Bonchev–Trinajstić information content (AvgIpc) is 3.15. The van der Waals surface area contributed by atoms with Crippen molar-refractivity contribution in [3.8, 4) is 0 Å². The Morgan fingerprint density at radius 1 is 0.589 bits per heavy atom. The van der Waals surface area contributed by atoms with E-state index in [4.69, 9.17) is 18.9 Å². The summed E-state index contributed by atoms with van der Waals surface area (Å²) in [5.41, 5.74) is 3.84. The Morgan fingerprint density at radius 3 is 1.39 bits per heavy atom. The van der Waals surface area contributed by atoms with Crippen molar-refractivity contribution in [1.82, 2.24) is 0 Å². The summed E-state index contributed by atoms with van der Waals surface area (Å²) in [6.07, 6.45) is 7.64. The number of rotatable bonds is 26. The Bertz CT molecular complexity index is 1600. The first-order valence-corrected chi connectivity index (χ1v) is 23.0. The summed E-state index contributed by atoms with van der Waals surface area (Å²) in [5, 5.41) is 11.2. The first-order valence-electron chi connectivity index (χ1n) is 18.4. The molecule has 0 unspecified atom stereocenters. The summed E-state index contributed by atoms with van der Waals surface area (Å²) in [5.74, 6) is 4.75. The molecule has 16 heteroatoms. The van der Waals surface area contributed by atoms with Gasteiger partial charge in [-0.1, -0.05) is 12.1 Å². The molecule has 0 spiro atoms. The van der Waals surface area contributed by atoms with Crippen LogP contribution in [0.5, 0.6) is 0 Å². The Morgan fingerprint density at radius 2 is 1.00 bits per heavy atom. The van der Waals surface area contributed by atoms with Crippen molar-refractivity contribution in [3.63, 3.8) is 0 Å². The molecule has 2 aliphatic rings. The number of nitrogens with zero attached hydrogens (tertiary/aromatic N) is 2. The van der Waals surface area contributed by atoms with Crippen LogP contribution in [0.2, 0.25) is 0 Å². The van der Waals surface area contributed by atoms with Crippen molar-refractivity contribution in [3.05, 3.63) is 71.0 Å². The van der Waals surface area contributed by atoms with Crippen LogP contribution in [0.3, 0.4) is 0 Å². The summed E-state index contributed by atoms with van der Waals surface area (Å²) in [4.78, 5) is 60.0. The highest BCUT2D eigenvalue weighted by Gasteiger charge is 2.36. The number of ether oxygens (including phenoxy) is 4. The van der Waals surface area contributed by atoms with Gasteiger partial charge in [-0.25, -0.2) is 4.58 Å². The predicted octanol–water partition coefficient (Wildman–Crippen LogP) is 5.41. The van der Waals surface area contributed by atoms with E-state index in [9.17, 15) is 29.1 Å². The Balaban J connectivity index is 1.68. The molecule has 0 bridgehead atoms. The van der Waals surface area contributed by atoms with E-state index in [1.807, 2.05) is 48.6 Å². The molecule has 0 saturated heterocycles. The third kappa shape index (κ3) is 17.3. The molecule has 1 N–H and O–H groups in total. The smallest absolute Gasteiger partial charge is 0.302 e. The maximum absolute atomic E-state index is 13.5. The number of carbonyl (C=O) groups excluding carboxylic acids is 5. The number of hydrogen-bond donors (Lipinski definition) is 1. The van der Waals surface area contributed by atoms with Gasteiger partial charge in [0.2, 0.25) is 5.78 Å². The normalized spacial score (nSPS) is 13.4. The molecule has 12 nitrogen and oxygen atoms in total. The fourth-order valence-corrected chi connectivity index (χ4v) is 8.46. The van der Waals surface area contributed by atoms with E-state index in [1.165, 1.54) is 27.7 Å². The van der Waals surface area contributed by atoms with Gasteiger partial charge < -0.3 is 29.0 Å². The van der Waals surface area contributed by atoms with E-state index >= 15 is 0 Å². The Labute approximate surface area is 346 Å². The van der Waals surface area contributed by atoms with Crippen LogP contribution in [0.25, 0.3) is 5.57 Å². The van der Waals surface area contributed by atoms with Crippen LogP contribution in [-0.2, 0) is 42.9 Å². The molecule has 0 amide bonds. The van der Waals surface area contributed by atoms with Gasteiger partial charge in [0.1, 0.15) is 32.2 Å². The summed E-state index contributed by atoms with van der Waals surface area (Å²) >= 11 is 6.80. The number of esters is 4. The zero-order chi connectivity index (χ0) is 40.7. The topological polar surface area (TPSA) is 149 Å². The van der Waals surface area contributed by atoms with Crippen LogP contribution in [0.1, 0.15) is 33.3 Å². The minimum atomic E-state index is -0.289. The van der Waals surface area contributed by atoms with Crippen molar-refractivity contribution in [2.24, 2.45) is 0 Å². The second-order valence-electron chi connectivity index (χ2n) is 12.3. The van der Waals surface area contributed by atoms with E-state index in [2.05, 4.69) is 9.48 Å². The maximum Gasteiger partial charge on any atom is 0.302 e. The number of anilines is 1. The lowest BCUT2D eigenvalue weighted by atomic mass is 9.80. The Kier molecular flexibility index (Phi) is 22.0. The highest BCUT2D eigenvalue weighted by molar-refractivity contribution is 7.99. The van der Waals surface area contributed by atoms with Gasteiger partial charge in [0.05, 0.1) is 22.7 Å². The summed E-state index contributed by atoms with van der Waals surface area (Å²) in [6.45, 7) is 10.1. The molecule has 306 valence electrons. The average molecular weight is 850 g/mol. The van der Waals surface area contributed by atoms with Gasteiger partial charge >= 0.3 is 23.9 Å². The highest BCUT2D eigenvalue weighted by Crippen LogP contribution is 2.39. The van der Waals surface area contributed by atoms with Gasteiger partial charge in [-0.15, -0.1) is 0 Å². The van der Waals surface area contributed by atoms with Crippen LogP contribution in [0.15, 0.2) is 65.5 Å². The van der Waals surface area contributed by atoms with Crippen molar-refractivity contribution >= 4 is 93.7 Å². The van der Waals surface area contributed by atoms with Gasteiger partial charge in [-0.2, -0.15) is 47.0 Å². The summed E-state index contributed by atoms with van der Waals surface area (Å²) in [7, 11) is 0. The van der Waals surface area contributed by atoms with Gasteiger partial charge in [0.15, 0.2) is 18.8 Å². The molecule has 0 heterocycles. The lowest BCUT2D eigenvalue weighted by molar-refractivity contribution is -0.516. The minimum absolute atomic E-state index is 0.0223.